The van der Waals surface area contributed by atoms with Gasteiger partial charge in [-0.1, -0.05) is 13.8 Å². The maximum absolute atomic E-state index is 11.4. The minimum atomic E-state index is -0.339. The molecule has 1 amide bonds. The normalized spacial score (nSPS) is 15.3. The van der Waals surface area contributed by atoms with Crippen LogP contribution in [0, 0.1) is 5.92 Å². The minimum Gasteiger partial charge on any atom is -0.372 e. The highest BCUT2D eigenvalue weighted by Crippen LogP contribution is 2.14. The van der Waals surface area contributed by atoms with E-state index in [0.29, 0.717) is 19.1 Å². The van der Waals surface area contributed by atoms with Gasteiger partial charge in [0, 0.05) is 13.2 Å². The van der Waals surface area contributed by atoms with E-state index in [1.165, 1.54) is 0 Å². The summed E-state index contributed by atoms with van der Waals surface area (Å²) in [5.41, 5.74) is 5.29. The van der Waals surface area contributed by atoms with Crippen LogP contribution in [0.5, 0.6) is 0 Å². The first-order valence-electron chi connectivity index (χ1n) is 5.05. The van der Waals surface area contributed by atoms with Gasteiger partial charge in [-0.25, -0.2) is 0 Å². The second-order valence-electron chi connectivity index (χ2n) is 3.96. The molecule has 0 aliphatic carbocycles. The number of hydrogen-bond donors (Lipinski definition) is 2. The van der Waals surface area contributed by atoms with Gasteiger partial charge < -0.3 is 15.8 Å². The summed E-state index contributed by atoms with van der Waals surface area (Å²) < 4.78 is 5.01. The lowest BCUT2D eigenvalue weighted by Crippen LogP contribution is -2.55. The van der Waals surface area contributed by atoms with Crippen LogP contribution in [-0.2, 0) is 9.53 Å². The summed E-state index contributed by atoms with van der Waals surface area (Å²) in [6, 6.07) is 0. The SMILES string of the molecule is CCOCC(=O)NC(C)(CN)C(C)C. The van der Waals surface area contributed by atoms with Crippen molar-refractivity contribution in [2.75, 3.05) is 19.8 Å². The average molecular weight is 202 g/mol. The van der Waals surface area contributed by atoms with Gasteiger partial charge in [0.05, 0.1) is 5.54 Å². The molecular formula is C10H22N2O2. The predicted molar refractivity (Wildman–Crippen MR) is 56.9 cm³/mol. The van der Waals surface area contributed by atoms with Crippen LogP contribution in [0.3, 0.4) is 0 Å². The highest BCUT2D eigenvalue weighted by Gasteiger charge is 2.28. The van der Waals surface area contributed by atoms with E-state index >= 15 is 0 Å². The summed E-state index contributed by atoms with van der Waals surface area (Å²) in [7, 11) is 0. The number of hydrogen-bond acceptors (Lipinski definition) is 3. The molecule has 1 unspecified atom stereocenters. The molecule has 0 bridgehead atoms. The lowest BCUT2D eigenvalue weighted by molar-refractivity contribution is -0.127. The first-order valence-corrected chi connectivity index (χ1v) is 5.05. The van der Waals surface area contributed by atoms with Crippen molar-refractivity contribution in [3.8, 4) is 0 Å². The average Bonchev–Trinajstić information content (AvgIpc) is 2.14. The molecule has 0 radical (unpaired) electrons. The van der Waals surface area contributed by atoms with Gasteiger partial charge in [0.15, 0.2) is 0 Å². The highest BCUT2D eigenvalue weighted by molar-refractivity contribution is 5.78. The van der Waals surface area contributed by atoms with Crippen molar-refractivity contribution in [3.05, 3.63) is 0 Å². The Morgan fingerprint density at radius 3 is 2.50 bits per heavy atom. The number of carbonyl (C=O) groups is 1. The molecule has 4 nitrogen and oxygen atoms in total. The second-order valence-corrected chi connectivity index (χ2v) is 3.96. The molecule has 0 rings (SSSR count). The van der Waals surface area contributed by atoms with Gasteiger partial charge >= 0.3 is 0 Å². The molecule has 0 saturated carbocycles. The number of amides is 1. The van der Waals surface area contributed by atoms with E-state index in [9.17, 15) is 4.79 Å². The zero-order valence-electron chi connectivity index (χ0n) is 9.59. The van der Waals surface area contributed by atoms with Gasteiger partial charge in [-0.3, -0.25) is 4.79 Å². The highest BCUT2D eigenvalue weighted by atomic mass is 16.5. The van der Waals surface area contributed by atoms with Gasteiger partial charge in [0.1, 0.15) is 6.61 Å². The quantitative estimate of drug-likeness (QED) is 0.659. The van der Waals surface area contributed by atoms with Gasteiger partial charge in [-0.05, 0) is 19.8 Å². The molecule has 1 atom stereocenters. The molecule has 3 N–H and O–H groups in total. The number of carbonyl (C=O) groups excluding carboxylic acids is 1. The molecule has 84 valence electrons. The number of nitrogens with one attached hydrogen (secondary N) is 1. The first-order chi connectivity index (χ1) is 6.46. The maximum atomic E-state index is 11.4. The molecule has 0 aromatic heterocycles. The third kappa shape index (κ3) is 4.07. The first kappa shape index (κ1) is 13.4. The smallest absolute Gasteiger partial charge is 0.246 e. The van der Waals surface area contributed by atoms with Crippen molar-refractivity contribution < 1.29 is 9.53 Å². The van der Waals surface area contributed by atoms with Gasteiger partial charge in [-0.15, -0.1) is 0 Å². The van der Waals surface area contributed by atoms with Crippen LogP contribution in [0.25, 0.3) is 0 Å². The van der Waals surface area contributed by atoms with Crippen LogP contribution in [0.15, 0.2) is 0 Å². The van der Waals surface area contributed by atoms with Gasteiger partial charge in [0.25, 0.3) is 0 Å². The van der Waals surface area contributed by atoms with E-state index in [4.69, 9.17) is 10.5 Å². The zero-order chi connectivity index (χ0) is 11.2. The Balaban J connectivity index is 4.11. The standard InChI is InChI=1S/C10H22N2O2/c1-5-14-6-9(13)12-10(4,7-11)8(2)3/h8H,5-7,11H2,1-4H3,(H,12,13). The number of ether oxygens (including phenoxy) is 1. The van der Waals surface area contributed by atoms with Crippen molar-refractivity contribution in [1.29, 1.82) is 0 Å². The largest absolute Gasteiger partial charge is 0.372 e. The van der Waals surface area contributed by atoms with Crippen LogP contribution >= 0.6 is 0 Å². The van der Waals surface area contributed by atoms with Crippen LogP contribution < -0.4 is 11.1 Å². The summed E-state index contributed by atoms with van der Waals surface area (Å²) in [6.45, 7) is 8.97. The number of rotatable bonds is 6. The molecular weight excluding hydrogens is 180 g/mol. The molecule has 0 aliphatic heterocycles. The van der Waals surface area contributed by atoms with E-state index < -0.39 is 0 Å². The van der Waals surface area contributed by atoms with Crippen molar-refractivity contribution in [2.45, 2.75) is 33.2 Å². The minimum absolute atomic E-state index is 0.103. The van der Waals surface area contributed by atoms with E-state index in [-0.39, 0.29) is 18.1 Å². The Bertz CT molecular complexity index is 183. The van der Waals surface area contributed by atoms with E-state index in [1.54, 1.807) is 0 Å². The summed E-state index contributed by atoms with van der Waals surface area (Å²) in [6.07, 6.45) is 0. The Morgan fingerprint density at radius 1 is 1.57 bits per heavy atom. The topological polar surface area (TPSA) is 64.3 Å². The van der Waals surface area contributed by atoms with Crippen LogP contribution in [-0.4, -0.2) is 31.2 Å². The molecule has 0 saturated heterocycles. The fourth-order valence-corrected chi connectivity index (χ4v) is 0.980. The lowest BCUT2D eigenvalue weighted by Gasteiger charge is -2.33. The molecule has 0 fully saturated rings. The Labute approximate surface area is 86.2 Å². The summed E-state index contributed by atoms with van der Waals surface area (Å²) >= 11 is 0. The van der Waals surface area contributed by atoms with E-state index in [2.05, 4.69) is 5.32 Å². The molecule has 4 heteroatoms. The lowest BCUT2D eigenvalue weighted by atomic mass is 9.88. The Hall–Kier alpha value is -0.610. The van der Waals surface area contributed by atoms with Crippen molar-refractivity contribution in [1.82, 2.24) is 5.32 Å². The van der Waals surface area contributed by atoms with Gasteiger partial charge in [-0.2, -0.15) is 0 Å². The molecule has 0 aliphatic rings. The molecule has 0 aromatic carbocycles. The van der Waals surface area contributed by atoms with Gasteiger partial charge in [0.2, 0.25) is 5.91 Å². The summed E-state index contributed by atoms with van der Waals surface area (Å²) in [5.74, 6) is 0.201. The van der Waals surface area contributed by atoms with E-state index in [1.807, 2.05) is 27.7 Å². The third-order valence-electron chi connectivity index (χ3n) is 2.56. The van der Waals surface area contributed by atoms with Crippen molar-refractivity contribution in [3.63, 3.8) is 0 Å². The van der Waals surface area contributed by atoms with Crippen LogP contribution in [0.2, 0.25) is 0 Å². The summed E-state index contributed by atoms with van der Waals surface area (Å²) in [4.78, 5) is 11.4. The Morgan fingerprint density at radius 2 is 2.14 bits per heavy atom. The molecule has 0 spiro atoms. The maximum Gasteiger partial charge on any atom is 0.246 e. The second kappa shape index (κ2) is 5.98. The molecule has 0 heterocycles. The molecule has 0 aromatic rings. The zero-order valence-corrected chi connectivity index (χ0v) is 9.59. The Kier molecular flexibility index (Phi) is 5.72. The van der Waals surface area contributed by atoms with Crippen molar-refractivity contribution in [2.24, 2.45) is 11.7 Å². The monoisotopic (exact) mass is 202 g/mol. The van der Waals surface area contributed by atoms with Crippen LogP contribution in [0.4, 0.5) is 0 Å². The fraction of sp³-hybridized carbons (Fsp3) is 0.900. The fourth-order valence-electron chi connectivity index (χ4n) is 0.980. The van der Waals surface area contributed by atoms with E-state index in [0.717, 1.165) is 0 Å². The van der Waals surface area contributed by atoms with Crippen molar-refractivity contribution >= 4 is 5.91 Å². The predicted octanol–water partition coefficient (Wildman–Crippen LogP) is 0.513. The molecule has 14 heavy (non-hydrogen) atoms. The summed E-state index contributed by atoms with van der Waals surface area (Å²) in [5, 5.41) is 2.89. The number of nitrogens with two attached hydrogens (primary N) is 1. The third-order valence-corrected chi connectivity index (χ3v) is 2.56. The van der Waals surface area contributed by atoms with Crippen LogP contribution in [0.1, 0.15) is 27.7 Å².